The van der Waals surface area contributed by atoms with Crippen molar-refractivity contribution in [2.75, 3.05) is 5.32 Å². The second-order valence-corrected chi connectivity index (χ2v) is 6.35. The molecule has 0 aliphatic carbocycles. The summed E-state index contributed by atoms with van der Waals surface area (Å²) in [5.41, 5.74) is 1.21. The number of ether oxygens (including phenoxy) is 1. The van der Waals surface area contributed by atoms with Crippen LogP contribution in [-0.4, -0.2) is 18.0 Å². The lowest BCUT2D eigenvalue weighted by molar-refractivity contribution is -0.107. The lowest BCUT2D eigenvalue weighted by atomic mass is 10.1. The van der Waals surface area contributed by atoms with Crippen LogP contribution in [0.4, 0.5) is 10.5 Å². The van der Waals surface area contributed by atoms with Crippen molar-refractivity contribution >= 4 is 34.0 Å². The molecule has 20 heavy (non-hydrogen) atoms. The Morgan fingerprint density at radius 3 is 2.70 bits per heavy atom. The molecular weight excluding hydrogens is 322 g/mol. The lowest BCUT2D eigenvalue weighted by Gasteiger charge is -2.20. The van der Waals surface area contributed by atoms with Gasteiger partial charge in [0.25, 0.3) is 0 Å². The number of rotatable bonds is 5. The molecule has 0 atom stereocenters. The van der Waals surface area contributed by atoms with Gasteiger partial charge in [-0.05, 0) is 67.2 Å². The summed E-state index contributed by atoms with van der Waals surface area (Å²) in [6, 6.07) is 5.73. The van der Waals surface area contributed by atoms with Crippen LogP contribution in [0.2, 0.25) is 0 Å². The van der Waals surface area contributed by atoms with E-state index in [1.165, 1.54) is 0 Å². The molecule has 1 N–H and O–H groups in total. The molecule has 0 heterocycles. The number of aldehydes is 1. The zero-order valence-electron chi connectivity index (χ0n) is 12.0. The van der Waals surface area contributed by atoms with Gasteiger partial charge in [-0.2, -0.15) is 0 Å². The van der Waals surface area contributed by atoms with Crippen molar-refractivity contribution in [3.05, 3.63) is 28.2 Å². The highest BCUT2D eigenvalue weighted by Crippen LogP contribution is 2.25. The maximum absolute atomic E-state index is 11.8. The molecule has 0 aliphatic heterocycles. The number of hydrogen-bond acceptors (Lipinski definition) is 3. The predicted molar refractivity (Wildman–Crippen MR) is 83.0 cm³/mol. The molecule has 5 heteroatoms. The molecule has 0 aromatic heterocycles. The van der Waals surface area contributed by atoms with E-state index in [4.69, 9.17) is 4.74 Å². The lowest BCUT2D eigenvalue weighted by Crippen LogP contribution is -2.27. The molecule has 0 unspecified atom stereocenters. The number of hydrogen-bond donors (Lipinski definition) is 1. The summed E-state index contributed by atoms with van der Waals surface area (Å²) in [7, 11) is 0. The van der Waals surface area contributed by atoms with Gasteiger partial charge < -0.3 is 9.53 Å². The Kier molecular flexibility index (Phi) is 6.20. The van der Waals surface area contributed by atoms with Gasteiger partial charge in [0.15, 0.2) is 0 Å². The first-order valence-corrected chi connectivity index (χ1v) is 7.33. The second-order valence-electron chi connectivity index (χ2n) is 5.50. The number of unbranched alkanes of at least 4 members (excludes halogenated alkanes) is 1. The van der Waals surface area contributed by atoms with E-state index >= 15 is 0 Å². The topological polar surface area (TPSA) is 55.4 Å². The molecule has 0 aliphatic rings. The fraction of sp³-hybridized carbons (Fsp3) is 0.467. The Hall–Kier alpha value is -1.36. The molecule has 0 saturated heterocycles. The van der Waals surface area contributed by atoms with Crippen molar-refractivity contribution in [2.24, 2.45) is 0 Å². The van der Waals surface area contributed by atoms with Crippen molar-refractivity contribution in [3.8, 4) is 0 Å². The fourth-order valence-corrected chi connectivity index (χ4v) is 1.97. The van der Waals surface area contributed by atoms with Gasteiger partial charge in [-0.3, -0.25) is 5.32 Å². The number of carbonyl (C=O) groups is 2. The Morgan fingerprint density at radius 1 is 1.40 bits per heavy atom. The van der Waals surface area contributed by atoms with Crippen LogP contribution in [0.1, 0.15) is 39.2 Å². The minimum Gasteiger partial charge on any atom is -0.444 e. The van der Waals surface area contributed by atoms with E-state index in [-0.39, 0.29) is 0 Å². The van der Waals surface area contributed by atoms with Crippen molar-refractivity contribution in [3.63, 3.8) is 0 Å². The third kappa shape index (κ3) is 6.19. The van der Waals surface area contributed by atoms with E-state index in [1.54, 1.807) is 0 Å². The molecule has 1 aromatic carbocycles. The summed E-state index contributed by atoms with van der Waals surface area (Å²) < 4.78 is 6.01. The van der Waals surface area contributed by atoms with Crippen LogP contribution < -0.4 is 5.32 Å². The van der Waals surface area contributed by atoms with E-state index in [1.807, 2.05) is 39.0 Å². The molecule has 0 radical (unpaired) electrons. The minimum absolute atomic E-state index is 0.483. The third-order valence-corrected chi connectivity index (χ3v) is 3.15. The van der Waals surface area contributed by atoms with Crippen molar-refractivity contribution < 1.29 is 14.3 Å². The number of carbonyl (C=O) groups excluding carboxylic acids is 2. The summed E-state index contributed by atoms with van der Waals surface area (Å²) >= 11 is 3.39. The van der Waals surface area contributed by atoms with Crippen molar-refractivity contribution in [1.82, 2.24) is 0 Å². The molecule has 0 spiro atoms. The zero-order valence-corrected chi connectivity index (χ0v) is 13.6. The molecule has 0 saturated carbocycles. The number of amides is 1. The Morgan fingerprint density at radius 2 is 2.10 bits per heavy atom. The predicted octanol–water partition coefficient (Wildman–Crippen LogP) is 4.32. The summed E-state index contributed by atoms with van der Waals surface area (Å²) in [5.74, 6) is 0. The third-order valence-electron chi connectivity index (χ3n) is 2.45. The van der Waals surface area contributed by atoms with Gasteiger partial charge in [-0.25, -0.2) is 4.79 Å². The molecule has 1 aromatic rings. The largest absolute Gasteiger partial charge is 0.444 e. The van der Waals surface area contributed by atoms with Crippen LogP contribution in [0.15, 0.2) is 22.7 Å². The number of halogens is 1. The van der Waals surface area contributed by atoms with Crippen LogP contribution in [0.3, 0.4) is 0 Å². The average Bonchev–Trinajstić information content (AvgIpc) is 2.31. The van der Waals surface area contributed by atoms with Crippen molar-refractivity contribution in [1.29, 1.82) is 0 Å². The molecule has 4 nitrogen and oxygen atoms in total. The number of anilines is 1. The Bertz CT molecular complexity index is 480. The highest BCUT2D eigenvalue weighted by molar-refractivity contribution is 9.10. The first-order chi connectivity index (χ1) is 9.31. The maximum Gasteiger partial charge on any atom is 0.412 e. The summed E-state index contributed by atoms with van der Waals surface area (Å²) in [5, 5.41) is 2.72. The van der Waals surface area contributed by atoms with Gasteiger partial charge in [-0.1, -0.05) is 6.07 Å². The van der Waals surface area contributed by atoms with Crippen molar-refractivity contribution in [2.45, 2.75) is 45.6 Å². The van der Waals surface area contributed by atoms with Crippen LogP contribution in [0.5, 0.6) is 0 Å². The smallest absolute Gasteiger partial charge is 0.412 e. The molecule has 1 amide bonds. The van der Waals surface area contributed by atoms with E-state index in [0.29, 0.717) is 12.1 Å². The number of benzene rings is 1. The van der Waals surface area contributed by atoms with Gasteiger partial charge in [0.05, 0.1) is 5.69 Å². The molecule has 1 rings (SSSR count). The summed E-state index contributed by atoms with van der Waals surface area (Å²) in [4.78, 5) is 22.1. The van der Waals surface area contributed by atoms with E-state index < -0.39 is 11.7 Å². The van der Waals surface area contributed by atoms with E-state index in [9.17, 15) is 9.59 Å². The monoisotopic (exact) mass is 341 g/mol. The zero-order chi connectivity index (χ0) is 15.2. The average molecular weight is 342 g/mol. The number of aryl methyl sites for hydroxylation is 1. The van der Waals surface area contributed by atoms with E-state index in [2.05, 4.69) is 21.2 Å². The minimum atomic E-state index is -0.530. The molecule has 0 fully saturated rings. The maximum atomic E-state index is 11.8. The quantitative estimate of drug-likeness (QED) is 0.640. The van der Waals surface area contributed by atoms with Crippen LogP contribution in [0, 0.1) is 0 Å². The second kappa shape index (κ2) is 7.43. The fourth-order valence-electron chi connectivity index (χ4n) is 1.63. The van der Waals surface area contributed by atoms with Crippen LogP contribution in [0.25, 0.3) is 0 Å². The van der Waals surface area contributed by atoms with Gasteiger partial charge in [0.2, 0.25) is 0 Å². The van der Waals surface area contributed by atoms with Gasteiger partial charge in [0.1, 0.15) is 11.9 Å². The van der Waals surface area contributed by atoms with Gasteiger partial charge in [-0.15, -0.1) is 0 Å². The SMILES string of the molecule is CC(C)(C)OC(=O)Nc1cc(CCCC=O)ccc1Br. The number of nitrogens with one attached hydrogen (secondary N) is 1. The van der Waals surface area contributed by atoms with Crippen LogP contribution >= 0.6 is 15.9 Å². The first-order valence-electron chi connectivity index (χ1n) is 6.54. The Labute approximate surface area is 128 Å². The van der Waals surface area contributed by atoms with Crippen LogP contribution in [-0.2, 0) is 16.0 Å². The molecule has 0 bridgehead atoms. The van der Waals surface area contributed by atoms with Gasteiger partial charge in [0, 0.05) is 10.9 Å². The highest BCUT2D eigenvalue weighted by atomic mass is 79.9. The highest BCUT2D eigenvalue weighted by Gasteiger charge is 2.17. The standard InChI is InChI=1S/C15H20BrNO3/c1-15(2,3)20-14(19)17-13-10-11(6-4-5-9-18)7-8-12(13)16/h7-10H,4-6H2,1-3H3,(H,17,19). The summed E-state index contributed by atoms with van der Waals surface area (Å²) in [6.07, 6.45) is 2.58. The molecular formula is C15H20BrNO3. The van der Waals surface area contributed by atoms with Gasteiger partial charge >= 0.3 is 6.09 Å². The first kappa shape index (κ1) is 16.7. The summed E-state index contributed by atoms with van der Waals surface area (Å²) in [6.45, 7) is 5.45. The van der Waals surface area contributed by atoms with E-state index in [0.717, 1.165) is 29.2 Å². The normalized spacial score (nSPS) is 11.0. The Balaban J connectivity index is 2.71. The molecule has 110 valence electrons.